The minimum absolute atomic E-state index is 0.122. The van der Waals surface area contributed by atoms with Gasteiger partial charge in [-0.15, -0.1) is 0 Å². The zero-order chi connectivity index (χ0) is 11.5. The highest BCUT2D eigenvalue weighted by Gasteiger charge is 2.17. The van der Waals surface area contributed by atoms with Crippen molar-refractivity contribution in [2.24, 2.45) is 0 Å². The predicted molar refractivity (Wildman–Crippen MR) is 61.3 cm³/mol. The molecule has 6 heteroatoms. The third-order valence-electron chi connectivity index (χ3n) is 2.46. The largest absolute Gasteiger partial charge is 0.336 e. The van der Waals surface area contributed by atoms with Gasteiger partial charge in [0.25, 0.3) is 0 Å². The number of hydrogen-bond acceptors (Lipinski definition) is 3. The van der Waals surface area contributed by atoms with Crippen molar-refractivity contribution in [1.82, 2.24) is 20.8 Å². The van der Waals surface area contributed by atoms with Crippen molar-refractivity contribution in [3.63, 3.8) is 0 Å². The molecule has 4 N–H and O–H groups in total. The summed E-state index contributed by atoms with van der Waals surface area (Å²) in [6.07, 6.45) is 0.892. The van der Waals surface area contributed by atoms with E-state index in [2.05, 4.69) is 26.1 Å². The molecule has 1 aliphatic heterocycles. The first-order valence-corrected chi connectivity index (χ1v) is 5.51. The Morgan fingerprint density at radius 3 is 3.06 bits per heavy atom. The summed E-state index contributed by atoms with van der Waals surface area (Å²) in [5.41, 5.74) is 2.17. The Morgan fingerprint density at radius 1 is 1.50 bits per heavy atom. The number of carbonyl (C=O) groups excluding carboxylic acids is 1. The number of hydrogen-bond donors (Lipinski definition) is 4. The van der Waals surface area contributed by atoms with Gasteiger partial charge in [-0.3, -0.25) is 10.4 Å². The van der Waals surface area contributed by atoms with Crippen molar-refractivity contribution in [1.29, 1.82) is 0 Å². The molecule has 2 heterocycles. The molecular weight excluding hydrogens is 206 g/mol. The lowest BCUT2D eigenvalue weighted by molar-refractivity contribution is 0.250. The van der Waals surface area contributed by atoms with E-state index in [1.54, 1.807) is 0 Å². The molecule has 16 heavy (non-hydrogen) atoms. The minimum Gasteiger partial charge on any atom is -0.336 e. The molecule has 0 saturated heterocycles. The highest BCUT2D eigenvalue weighted by Crippen LogP contribution is 2.19. The Kier molecular flexibility index (Phi) is 3.09. The number of amides is 2. The third kappa shape index (κ3) is 2.33. The van der Waals surface area contributed by atoms with Crippen molar-refractivity contribution in [2.75, 3.05) is 11.9 Å². The predicted octanol–water partition coefficient (Wildman–Crippen LogP) is 0.585. The van der Waals surface area contributed by atoms with Crippen LogP contribution in [0.2, 0.25) is 0 Å². The highest BCUT2D eigenvalue weighted by molar-refractivity contribution is 5.89. The lowest BCUT2D eigenvalue weighted by Crippen LogP contribution is -2.34. The molecule has 0 spiro atoms. The number of aromatic nitrogens is 2. The van der Waals surface area contributed by atoms with E-state index in [1.165, 1.54) is 0 Å². The summed E-state index contributed by atoms with van der Waals surface area (Å²) in [5.74, 6) is 0.648. The van der Waals surface area contributed by atoms with Crippen LogP contribution in [0.1, 0.15) is 25.1 Å². The first-order chi connectivity index (χ1) is 7.66. The first kappa shape index (κ1) is 10.9. The maximum Gasteiger partial charge on any atom is 0.320 e. The number of fused-ring (bicyclic) bond motifs is 1. The second kappa shape index (κ2) is 4.52. The Hall–Kier alpha value is -1.56. The van der Waals surface area contributed by atoms with E-state index < -0.39 is 0 Å². The van der Waals surface area contributed by atoms with Crippen LogP contribution in [0.4, 0.5) is 10.6 Å². The van der Waals surface area contributed by atoms with Gasteiger partial charge in [-0.1, -0.05) is 0 Å². The van der Waals surface area contributed by atoms with E-state index in [4.69, 9.17) is 0 Å². The number of urea groups is 1. The van der Waals surface area contributed by atoms with Gasteiger partial charge < -0.3 is 10.6 Å². The summed E-state index contributed by atoms with van der Waals surface area (Å²) >= 11 is 0. The summed E-state index contributed by atoms with van der Waals surface area (Å²) in [5, 5.41) is 15.8. The maximum atomic E-state index is 11.5. The van der Waals surface area contributed by atoms with E-state index in [1.807, 2.05) is 13.8 Å². The monoisotopic (exact) mass is 223 g/mol. The molecule has 6 nitrogen and oxygen atoms in total. The Bertz CT molecular complexity index is 385. The molecule has 1 aliphatic rings. The van der Waals surface area contributed by atoms with Crippen LogP contribution in [0, 0.1) is 0 Å². The van der Waals surface area contributed by atoms with E-state index in [9.17, 15) is 4.79 Å². The standard InChI is InChI=1S/C10H17N5O/c1-6(2)12-10(16)13-9-7-3-4-11-5-8(7)14-15-9/h6,11H,3-5H2,1-2H3,(H3,12,13,14,15,16). The highest BCUT2D eigenvalue weighted by atomic mass is 16.2. The molecule has 2 rings (SSSR count). The number of rotatable bonds is 2. The minimum atomic E-state index is -0.206. The second-order valence-corrected chi connectivity index (χ2v) is 4.21. The van der Waals surface area contributed by atoms with E-state index in [0.717, 1.165) is 30.8 Å². The first-order valence-electron chi connectivity index (χ1n) is 5.51. The molecule has 2 amide bonds. The summed E-state index contributed by atoms with van der Waals surface area (Å²) in [7, 11) is 0. The van der Waals surface area contributed by atoms with E-state index in [-0.39, 0.29) is 12.1 Å². The number of anilines is 1. The van der Waals surface area contributed by atoms with Crippen molar-refractivity contribution in [3.8, 4) is 0 Å². The Labute approximate surface area is 94.2 Å². The van der Waals surface area contributed by atoms with Crippen molar-refractivity contribution >= 4 is 11.8 Å². The average Bonchev–Trinajstić information content (AvgIpc) is 2.61. The number of nitrogens with zero attached hydrogens (tertiary/aromatic N) is 1. The lowest BCUT2D eigenvalue weighted by Gasteiger charge is -2.13. The van der Waals surface area contributed by atoms with E-state index in [0.29, 0.717) is 5.82 Å². The fourth-order valence-electron chi connectivity index (χ4n) is 1.75. The van der Waals surface area contributed by atoms with Gasteiger partial charge in [0.05, 0.1) is 5.69 Å². The maximum absolute atomic E-state index is 11.5. The Morgan fingerprint density at radius 2 is 2.31 bits per heavy atom. The van der Waals surface area contributed by atoms with Gasteiger partial charge >= 0.3 is 6.03 Å². The van der Waals surface area contributed by atoms with E-state index >= 15 is 0 Å². The summed E-state index contributed by atoms with van der Waals surface area (Å²) < 4.78 is 0. The quantitative estimate of drug-likeness (QED) is 0.592. The number of carbonyl (C=O) groups is 1. The Balaban J connectivity index is 2.04. The number of aromatic amines is 1. The third-order valence-corrected chi connectivity index (χ3v) is 2.46. The summed E-state index contributed by atoms with van der Waals surface area (Å²) in [4.78, 5) is 11.5. The van der Waals surface area contributed by atoms with Crippen LogP contribution < -0.4 is 16.0 Å². The molecule has 0 bridgehead atoms. The van der Waals surface area contributed by atoms with Crippen LogP contribution in [0.5, 0.6) is 0 Å². The van der Waals surface area contributed by atoms with Gasteiger partial charge in [-0.05, 0) is 26.8 Å². The molecule has 0 fully saturated rings. The molecule has 88 valence electrons. The molecular formula is C10H17N5O. The van der Waals surface area contributed by atoms with Crippen LogP contribution >= 0.6 is 0 Å². The molecule has 0 aromatic carbocycles. The lowest BCUT2D eigenvalue weighted by atomic mass is 10.1. The van der Waals surface area contributed by atoms with Gasteiger partial charge in [-0.2, -0.15) is 5.10 Å². The molecule has 0 atom stereocenters. The van der Waals surface area contributed by atoms with Crippen LogP contribution in [0.15, 0.2) is 0 Å². The molecule has 0 unspecified atom stereocenters. The van der Waals surface area contributed by atoms with Crippen molar-refractivity contribution in [3.05, 3.63) is 11.3 Å². The normalized spacial score (nSPS) is 14.7. The molecule has 0 saturated carbocycles. The zero-order valence-corrected chi connectivity index (χ0v) is 9.55. The van der Waals surface area contributed by atoms with Crippen LogP contribution in [0.25, 0.3) is 0 Å². The SMILES string of the molecule is CC(C)NC(=O)Nc1n[nH]c2c1CCNC2. The fraction of sp³-hybridized carbons (Fsp3) is 0.600. The molecule has 0 radical (unpaired) electrons. The second-order valence-electron chi connectivity index (χ2n) is 4.21. The van der Waals surface area contributed by atoms with Gasteiger partial charge in [0.2, 0.25) is 0 Å². The fourth-order valence-corrected chi connectivity index (χ4v) is 1.75. The van der Waals surface area contributed by atoms with Crippen molar-refractivity contribution in [2.45, 2.75) is 32.9 Å². The van der Waals surface area contributed by atoms with Crippen LogP contribution in [0.3, 0.4) is 0 Å². The summed E-state index contributed by atoms with van der Waals surface area (Å²) in [6.45, 7) is 5.55. The van der Waals surface area contributed by atoms with Gasteiger partial charge in [-0.25, -0.2) is 4.79 Å². The van der Waals surface area contributed by atoms with Crippen molar-refractivity contribution < 1.29 is 4.79 Å². The average molecular weight is 223 g/mol. The smallest absolute Gasteiger partial charge is 0.320 e. The van der Waals surface area contributed by atoms with Gasteiger partial charge in [0.1, 0.15) is 0 Å². The number of H-pyrrole nitrogens is 1. The van der Waals surface area contributed by atoms with Gasteiger partial charge in [0, 0.05) is 18.2 Å². The number of nitrogens with one attached hydrogen (secondary N) is 4. The molecule has 1 aromatic rings. The van der Waals surface area contributed by atoms with Crippen LogP contribution in [-0.4, -0.2) is 28.8 Å². The molecule has 1 aromatic heterocycles. The molecule has 0 aliphatic carbocycles. The zero-order valence-electron chi connectivity index (χ0n) is 9.55. The summed E-state index contributed by atoms with van der Waals surface area (Å²) in [6, 6.07) is -0.0840. The topological polar surface area (TPSA) is 81.8 Å². The van der Waals surface area contributed by atoms with Gasteiger partial charge in [0.15, 0.2) is 5.82 Å². The van der Waals surface area contributed by atoms with Crippen LogP contribution in [-0.2, 0) is 13.0 Å².